The number of halogens is 1. The third-order valence-electron chi connectivity index (χ3n) is 5.12. The van der Waals surface area contributed by atoms with Gasteiger partial charge in [0.25, 0.3) is 0 Å². The van der Waals surface area contributed by atoms with Crippen LogP contribution in [0.15, 0.2) is 60.0 Å². The summed E-state index contributed by atoms with van der Waals surface area (Å²) >= 11 is 8.17. The minimum Gasteiger partial charge on any atom is -0.490 e. The Kier molecular flexibility index (Phi) is 7.55. The summed E-state index contributed by atoms with van der Waals surface area (Å²) in [5.41, 5.74) is 4.26. The summed E-state index contributed by atoms with van der Waals surface area (Å²) in [4.78, 5) is 13.1. The van der Waals surface area contributed by atoms with Crippen LogP contribution in [0.5, 0.6) is 11.6 Å². The van der Waals surface area contributed by atoms with Crippen LogP contribution in [-0.2, 0) is 11.3 Å². The number of hydrogen-bond acceptors (Lipinski definition) is 6. The molecule has 2 aromatic carbocycles. The lowest BCUT2D eigenvalue weighted by molar-refractivity contribution is 0.0601. The molecular weight excluding hydrogens is 472 g/mol. The Bertz CT molecular complexity index is 1300. The van der Waals surface area contributed by atoms with Crippen LogP contribution in [0.3, 0.4) is 0 Å². The minimum atomic E-state index is -0.392. The molecule has 6 nitrogen and oxygen atoms in total. The molecule has 0 saturated heterocycles. The van der Waals surface area contributed by atoms with Gasteiger partial charge in [-0.05, 0) is 66.8 Å². The molecule has 2 aromatic heterocycles. The van der Waals surface area contributed by atoms with Gasteiger partial charge in [0.1, 0.15) is 12.4 Å². The predicted octanol–water partition coefficient (Wildman–Crippen LogP) is 6.50. The number of esters is 1. The van der Waals surface area contributed by atoms with E-state index in [0.29, 0.717) is 47.7 Å². The Morgan fingerprint density at radius 1 is 1.09 bits per heavy atom. The summed E-state index contributed by atoms with van der Waals surface area (Å²) in [6.45, 7) is 5.33. The van der Waals surface area contributed by atoms with Crippen molar-refractivity contribution in [2.45, 2.75) is 20.4 Å². The van der Waals surface area contributed by atoms with E-state index in [1.165, 1.54) is 17.6 Å². The maximum Gasteiger partial charge on any atom is 0.337 e. The highest BCUT2D eigenvalue weighted by molar-refractivity contribution is 7.13. The van der Waals surface area contributed by atoms with Crippen molar-refractivity contribution >= 4 is 28.9 Å². The first kappa shape index (κ1) is 23.9. The number of ether oxygens (including phenoxy) is 3. The van der Waals surface area contributed by atoms with Crippen LogP contribution >= 0.6 is 22.9 Å². The standard InChI is InChI=1S/C26H25ClN2O4S/c1-4-32-25-15-22(18-6-5-7-20(13-18)26(30)31-3)28-29(25)10-11-33-23-9-8-19(14-21(23)27)24-12-17(2)16-34-24/h5-9,12-16H,4,10-11H2,1-3H3. The number of aryl methyl sites for hydroxylation is 1. The van der Waals surface area contributed by atoms with Gasteiger partial charge < -0.3 is 14.2 Å². The Morgan fingerprint density at radius 3 is 2.65 bits per heavy atom. The van der Waals surface area contributed by atoms with Crippen LogP contribution in [0, 0.1) is 6.92 Å². The molecule has 0 bridgehead atoms. The SMILES string of the molecule is CCOc1cc(-c2cccc(C(=O)OC)c2)nn1CCOc1ccc(-c2cc(C)cs2)cc1Cl. The van der Waals surface area contributed by atoms with E-state index in [-0.39, 0.29) is 0 Å². The van der Waals surface area contributed by atoms with Crippen molar-refractivity contribution in [1.29, 1.82) is 0 Å². The van der Waals surface area contributed by atoms with Gasteiger partial charge in [0, 0.05) is 16.5 Å². The molecule has 4 rings (SSSR count). The molecule has 34 heavy (non-hydrogen) atoms. The number of benzene rings is 2. The number of aromatic nitrogens is 2. The number of methoxy groups -OCH3 is 1. The highest BCUT2D eigenvalue weighted by atomic mass is 35.5. The van der Waals surface area contributed by atoms with Crippen molar-refractivity contribution in [3.8, 4) is 33.3 Å². The number of rotatable bonds is 9. The number of thiophene rings is 1. The van der Waals surface area contributed by atoms with Gasteiger partial charge in [-0.3, -0.25) is 0 Å². The third kappa shape index (κ3) is 5.43. The lowest BCUT2D eigenvalue weighted by Gasteiger charge is -2.11. The zero-order valence-electron chi connectivity index (χ0n) is 19.2. The van der Waals surface area contributed by atoms with E-state index in [2.05, 4.69) is 23.5 Å². The average Bonchev–Trinajstić information content (AvgIpc) is 3.46. The second-order valence-electron chi connectivity index (χ2n) is 7.58. The minimum absolute atomic E-state index is 0.362. The maximum absolute atomic E-state index is 11.9. The molecule has 0 amide bonds. The molecule has 8 heteroatoms. The summed E-state index contributed by atoms with van der Waals surface area (Å²) < 4.78 is 18.3. The van der Waals surface area contributed by atoms with Crippen molar-refractivity contribution in [1.82, 2.24) is 9.78 Å². The molecule has 0 atom stereocenters. The van der Waals surface area contributed by atoms with Crippen LogP contribution in [0.25, 0.3) is 21.7 Å². The fourth-order valence-electron chi connectivity index (χ4n) is 3.48. The molecule has 2 heterocycles. The lowest BCUT2D eigenvalue weighted by Crippen LogP contribution is -2.11. The molecule has 0 aliphatic heterocycles. The predicted molar refractivity (Wildman–Crippen MR) is 135 cm³/mol. The highest BCUT2D eigenvalue weighted by Crippen LogP contribution is 2.33. The summed E-state index contributed by atoms with van der Waals surface area (Å²) in [6.07, 6.45) is 0. The van der Waals surface area contributed by atoms with Crippen molar-refractivity contribution in [2.75, 3.05) is 20.3 Å². The van der Waals surface area contributed by atoms with E-state index in [0.717, 1.165) is 11.1 Å². The van der Waals surface area contributed by atoms with Crippen molar-refractivity contribution in [3.05, 3.63) is 76.1 Å². The molecule has 0 spiro atoms. The van der Waals surface area contributed by atoms with Crippen molar-refractivity contribution in [2.24, 2.45) is 0 Å². The van der Waals surface area contributed by atoms with E-state index in [4.69, 9.17) is 25.8 Å². The maximum atomic E-state index is 11.9. The van der Waals surface area contributed by atoms with Gasteiger partial charge in [0.05, 0.1) is 36.5 Å². The van der Waals surface area contributed by atoms with Gasteiger partial charge in [0.15, 0.2) is 0 Å². The zero-order valence-corrected chi connectivity index (χ0v) is 20.8. The van der Waals surface area contributed by atoms with E-state index in [1.807, 2.05) is 37.3 Å². The number of nitrogens with zero attached hydrogens (tertiary/aromatic N) is 2. The normalized spacial score (nSPS) is 10.8. The smallest absolute Gasteiger partial charge is 0.337 e. The fraction of sp³-hybridized carbons (Fsp3) is 0.231. The van der Waals surface area contributed by atoms with Gasteiger partial charge >= 0.3 is 5.97 Å². The van der Waals surface area contributed by atoms with Gasteiger partial charge in [0.2, 0.25) is 5.88 Å². The molecule has 0 radical (unpaired) electrons. The Morgan fingerprint density at radius 2 is 1.94 bits per heavy atom. The van der Waals surface area contributed by atoms with Crippen LogP contribution in [-0.4, -0.2) is 36.1 Å². The van der Waals surface area contributed by atoms with Gasteiger partial charge in [-0.1, -0.05) is 23.7 Å². The van der Waals surface area contributed by atoms with Gasteiger partial charge in [-0.15, -0.1) is 11.3 Å². The average molecular weight is 497 g/mol. The second kappa shape index (κ2) is 10.8. The van der Waals surface area contributed by atoms with Gasteiger partial charge in [-0.2, -0.15) is 5.10 Å². The molecular formula is C26H25ClN2O4S. The monoisotopic (exact) mass is 496 g/mol. The second-order valence-corrected chi connectivity index (χ2v) is 8.90. The van der Waals surface area contributed by atoms with Crippen LogP contribution in [0.4, 0.5) is 0 Å². The van der Waals surface area contributed by atoms with Crippen LogP contribution in [0.2, 0.25) is 5.02 Å². The topological polar surface area (TPSA) is 62.6 Å². The molecule has 0 unspecified atom stereocenters. The first-order valence-electron chi connectivity index (χ1n) is 10.9. The molecule has 0 fully saturated rings. The number of hydrogen-bond donors (Lipinski definition) is 0. The first-order chi connectivity index (χ1) is 16.5. The summed E-state index contributed by atoms with van der Waals surface area (Å²) in [5.74, 6) is 0.853. The zero-order chi connectivity index (χ0) is 24.1. The third-order valence-corrected chi connectivity index (χ3v) is 6.51. The summed E-state index contributed by atoms with van der Waals surface area (Å²) in [7, 11) is 1.36. The molecule has 0 N–H and O–H groups in total. The Hall–Kier alpha value is -3.29. The molecule has 0 aliphatic carbocycles. The molecule has 0 saturated carbocycles. The lowest BCUT2D eigenvalue weighted by atomic mass is 10.1. The summed E-state index contributed by atoms with van der Waals surface area (Å²) in [5, 5.41) is 7.35. The van der Waals surface area contributed by atoms with Crippen molar-refractivity contribution < 1.29 is 19.0 Å². The summed E-state index contributed by atoms with van der Waals surface area (Å²) in [6, 6.07) is 17.0. The van der Waals surface area contributed by atoms with E-state index in [9.17, 15) is 4.79 Å². The van der Waals surface area contributed by atoms with Crippen molar-refractivity contribution in [3.63, 3.8) is 0 Å². The van der Waals surface area contributed by atoms with E-state index in [1.54, 1.807) is 34.2 Å². The van der Waals surface area contributed by atoms with E-state index < -0.39 is 5.97 Å². The fourth-order valence-corrected chi connectivity index (χ4v) is 4.62. The molecule has 0 aliphatic rings. The number of carbonyl (C=O) groups is 1. The Balaban J connectivity index is 1.47. The number of carbonyl (C=O) groups excluding carboxylic acids is 1. The van der Waals surface area contributed by atoms with E-state index >= 15 is 0 Å². The first-order valence-corrected chi connectivity index (χ1v) is 12.1. The molecule has 4 aromatic rings. The van der Waals surface area contributed by atoms with Crippen LogP contribution in [0.1, 0.15) is 22.8 Å². The quantitative estimate of drug-likeness (QED) is 0.247. The highest BCUT2D eigenvalue weighted by Gasteiger charge is 2.14. The molecule has 176 valence electrons. The Labute approximate surface area is 207 Å². The largest absolute Gasteiger partial charge is 0.490 e. The van der Waals surface area contributed by atoms with Crippen LogP contribution < -0.4 is 9.47 Å². The van der Waals surface area contributed by atoms with Gasteiger partial charge in [-0.25, -0.2) is 9.48 Å².